The molecule has 0 aliphatic heterocycles. The molecule has 0 saturated heterocycles. The van der Waals surface area contributed by atoms with Crippen LogP contribution in [0, 0.1) is 6.92 Å². The average Bonchev–Trinajstić information content (AvgIpc) is 2.50. The Balaban J connectivity index is 2.20. The molecule has 2 aromatic heterocycles. The van der Waals surface area contributed by atoms with E-state index in [1.807, 2.05) is 37.4 Å². The molecule has 0 aliphatic carbocycles. The van der Waals surface area contributed by atoms with E-state index < -0.39 is 0 Å². The molecule has 0 saturated carbocycles. The third-order valence-corrected chi connectivity index (χ3v) is 3.83. The van der Waals surface area contributed by atoms with Gasteiger partial charge in [-0.15, -0.1) is 0 Å². The molecule has 0 atom stereocenters. The van der Waals surface area contributed by atoms with E-state index in [4.69, 9.17) is 17.3 Å². The summed E-state index contributed by atoms with van der Waals surface area (Å²) >= 11 is 6.29. The van der Waals surface area contributed by atoms with Gasteiger partial charge in [0.1, 0.15) is 10.8 Å². The maximum Gasteiger partial charge on any atom is 0.146 e. The lowest BCUT2D eigenvalue weighted by Gasteiger charge is -2.10. The fourth-order valence-electron chi connectivity index (χ4n) is 2.34. The van der Waals surface area contributed by atoms with Gasteiger partial charge in [-0.1, -0.05) is 17.7 Å². The van der Waals surface area contributed by atoms with Gasteiger partial charge in [0.2, 0.25) is 0 Å². The summed E-state index contributed by atoms with van der Waals surface area (Å²) in [5, 5.41) is 4.39. The number of fused-ring (bicyclic) bond motifs is 1. The fraction of sp³-hybridized carbons (Fsp3) is 0.125. The second-order valence-electron chi connectivity index (χ2n) is 4.91. The lowest BCUT2D eigenvalue weighted by molar-refractivity contribution is 1.29. The maximum absolute atomic E-state index is 6.29. The number of aryl methyl sites for hydroxylation is 1. The summed E-state index contributed by atoms with van der Waals surface area (Å²) in [5.74, 6) is 0.629. The largest absolute Gasteiger partial charge is 0.399 e. The topological polar surface area (TPSA) is 63.8 Å². The van der Waals surface area contributed by atoms with Crippen molar-refractivity contribution in [2.24, 2.45) is 0 Å². The van der Waals surface area contributed by atoms with Crippen molar-refractivity contribution >= 4 is 34.0 Å². The van der Waals surface area contributed by atoms with Crippen LogP contribution in [0.5, 0.6) is 0 Å². The Morgan fingerprint density at radius 2 is 1.95 bits per heavy atom. The fourth-order valence-corrected chi connectivity index (χ4v) is 2.64. The molecule has 21 heavy (non-hydrogen) atoms. The number of hydrogen-bond donors (Lipinski definition) is 2. The highest BCUT2D eigenvalue weighted by atomic mass is 35.5. The molecule has 3 aromatic rings. The molecule has 0 amide bonds. The minimum Gasteiger partial charge on any atom is -0.399 e. The summed E-state index contributed by atoms with van der Waals surface area (Å²) < 4.78 is 0. The number of anilines is 2. The van der Waals surface area contributed by atoms with Gasteiger partial charge in [-0.25, -0.2) is 4.98 Å². The summed E-state index contributed by atoms with van der Waals surface area (Å²) in [7, 11) is 1.78. The van der Waals surface area contributed by atoms with Crippen LogP contribution in [-0.4, -0.2) is 17.0 Å². The van der Waals surface area contributed by atoms with Gasteiger partial charge in [-0.2, -0.15) is 0 Å². The lowest BCUT2D eigenvalue weighted by atomic mass is 10.0. The molecule has 0 unspecified atom stereocenters. The van der Waals surface area contributed by atoms with Crippen LogP contribution in [0.1, 0.15) is 5.56 Å². The molecular weight excluding hydrogens is 284 g/mol. The second-order valence-corrected chi connectivity index (χ2v) is 5.28. The molecule has 5 heteroatoms. The summed E-state index contributed by atoms with van der Waals surface area (Å²) in [6.07, 6.45) is 3.58. The number of rotatable bonds is 2. The number of nitrogen functional groups attached to an aromatic ring is 1. The Labute approximate surface area is 128 Å². The van der Waals surface area contributed by atoms with E-state index in [-0.39, 0.29) is 0 Å². The Bertz CT molecular complexity index is 830. The quantitative estimate of drug-likeness (QED) is 0.705. The minimum absolute atomic E-state index is 0.533. The van der Waals surface area contributed by atoms with Gasteiger partial charge in [0.05, 0.1) is 5.52 Å². The lowest BCUT2D eigenvalue weighted by Crippen LogP contribution is -1.95. The van der Waals surface area contributed by atoms with Gasteiger partial charge >= 0.3 is 0 Å². The summed E-state index contributed by atoms with van der Waals surface area (Å²) in [4.78, 5) is 8.78. The molecule has 0 radical (unpaired) electrons. The van der Waals surface area contributed by atoms with Crippen molar-refractivity contribution in [1.29, 1.82) is 0 Å². The van der Waals surface area contributed by atoms with Crippen molar-refractivity contribution < 1.29 is 0 Å². The average molecular weight is 299 g/mol. The van der Waals surface area contributed by atoms with Crippen LogP contribution in [-0.2, 0) is 0 Å². The molecule has 2 heterocycles. The van der Waals surface area contributed by atoms with Crippen molar-refractivity contribution in [1.82, 2.24) is 9.97 Å². The van der Waals surface area contributed by atoms with Gasteiger partial charge in [0.15, 0.2) is 0 Å². The molecule has 0 bridgehead atoms. The van der Waals surface area contributed by atoms with E-state index in [1.54, 1.807) is 13.2 Å². The van der Waals surface area contributed by atoms with E-state index in [0.717, 1.165) is 33.3 Å². The predicted molar refractivity (Wildman–Crippen MR) is 88.7 cm³/mol. The van der Waals surface area contributed by atoms with Crippen LogP contribution in [0.4, 0.5) is 11.5 Å². The Hall–Kier alpha value is -2.33. The van der Waals surface area contributed by atoms with Gasteiger partial charge in [-0.3, -0.25) is 4.98 Å². The SMILES string of the molecule is CNc1ncc2cc(-c3cc(N)ccc3C)cnc2c1Cl. The van der Waals surface area contributed by atoms with Crippen molar-refractivity contribution in [2.45, 2.75) is 6.92 Å². The first-order valence-corrected chi connectivity index (χ1v) is 6.96. The molecule has 0 spiro atoms. The normalized spacial score (nSPS) is 10.8. The predicted octanol–water partition coefficient (Wildman–Crippen LogP) is 3.88. The molecule has 1 aromatic carbocycles. The Morgan fingerprint density at radius 1 is 1.14 bits per heavy atom. The standard InChI is InChI=1S/C16H15ClN4/c1-9-3-4-12(18)6-13(9)10-5-11-8-21-16(19-2)14(17)15(11)20-7-10/h3-8H,18H2,1-2H3,(H,19,21). The number of pyridine rings is 2. The third-order valence-electron chi connectivity index (χ3n) is 3.48. The van der Waals surface area contributed by atoms with E-state index in [9.17, 15) is 0 Å². The van der Waals surface area contributed by atoms with Crippen molar-refractivity contribution in [3.05, 3.63) is 47.2 Å². The van der Waals surface area contributed by atoms with Gasteiger partial charge in [0.25, 0.3) is 0 Å². The molecule has 4 nitrogen and oxygen atoms in total. The second kappa shape index (κ2) is 5.22. The van der Waals surface area contributed by atoms with Crippen LogP contribution in [0.2, 0.25) is 5.02 Å². The third kappa shape index (κ3) is 2.38. The first-order valence-electron chi connectivity index (χ1n) is 6.58. The Morgan fingerprint density at radius 3 is 2.71 bits per heavy atom. The number of halogens is 1. The zero-order valence-corrected chi connectivity index (χ0v) is 12.6. The monoisotopic (exact) mass is 298 g/mol. The van der Waals surface area contributed by atoms with E-state index in [2.05, 4.69) is 15.3 Å². The summed E-state index contributed by atoms with van der Waals surface area (Å²) in [5.41, 5.74) is 10.6. The van der Waals surface area contributed by atoms with Crippen molar-refractivity contribution in [3.63, 3.8) is 0 Å². The molecule has 106 valence electrons. The number of benzene rings is 1. The maximum atomic E-state index is 6.29. The molecule has 3 rings (SSSR count). The van der Waals surface area contributed by atoms with E-state index in [0.29, 0.717) is 10.8 Å². The first-order chi connectivity index (χ1) is 10.1. The molecular formula is C16H15ClN4. The highest BCUT2D eigenvalue weighted by Crippen LogP contribution is 2.31. The van der Waals surface area contributed by atoms with Crippen LogP contribution < -0.4 is 11.1 Å². The first kappa shape index (κ1) is 13.6. The smallest absolute Gasteiger partial charge is 0.146 e. The van der Waals surface area contributed by atoms with Crippen LogP contribution in [0.15, 0.2) is 36.7 Å². The number of nitrogens with one attached hydrogen (secondary N) is 1. The van der Waals surface area contributed by atoms with Crippen LogP contribution >= 0.6 is 11.6 Å². The highest BCUT2D eigenvalue weighted by Gasteiger charge is 2.10. The number of nitrogens with zero attached hydrogens (tertiary/aromatic N) is 2. The van der Waals surface area contributed by atoms with Crippen LogP contribution in [0.25, 0.3) is 22.0 Å². The zero-order valence-electron chi connectivity index (χ0n) is 11.8. The van der Waals surface area contributed by atoms with Crippen LogP contribution in [0.3, 0.4) is 0 Å². The Kier molecular flexibility index (Phi) is 3.39. The van der Waals surface area contributed by atoms with Crippen molar-refractivity contribution in [3.8, 4) is 11.1 Å². The number of aromatic nitrogens is 2. The summed E-state index contributed by atoms with van der Waals surface area (Å²) in [6, 6.07) is 7.88. The number of nitrogens with two attached hydrogens (primary N) is 1. The van der Waals surface area contributed by atoms with Gasteiger partial charge in [-0.05, 0) is 36.2 Å². The number of hydrogen-bond acceptors (Lipinski definition) is 4. The van der Waals surface area contributed by atoms with E-state index in [1.165, 1.54) is 0 Å². The molecule has 3 N–H and O–H groups in total. The molecule has 0 fully saturated rings. The minimum atomic E-state index is 0.533. The highest BCUT2D eigenvalue weighted by molar-refractivity contribution is 6.37. The zero-order chi connectivity index (χ0) is 15.0. The molecule has 0 aliphatic rings. The van der Waals surface area contributed by atoms with Gasteiger partial charge in [0, 0.05) is 36.1 Å². The summed E-state index contributed by atoms with van der Waals surface area (Å²) in [6.45, 7) is 2.05. The van der Waals surface area contributed by atoms with Gasteiger partial charge < -0.3 is 11.1 Å². The van der Waals surface area contributed by atoms with Crippen molar-refractivity contribution in [2.75, 3.05) is 18.1 Å². The van der Waals surface area contributed by atoms with E-state index >= 15 is 0 Å².